The SMILES string of the molecule is CC(=O)C1CNCCC1C. The molecule has 0 aromatic carbocycles. The van der Waals surface area contributed by atoms with Crippen LogP contribution in [0.25, 0.3) is 0 Å². The fourth-order valence-corrected chi connectivity index (χ4v) is 1.53. The van der Waals surface area contributed by atoms with Crippen molar-refractivity contribution < 1.29 is 4.79 Å². The van der Waals surface area contributed by atoms with Gasteiger partial charge in [-0.3, -0.25) is 4.79 Å². The summed E-state index contributed by atoms with van der Waals surface area (Å²) in [5, 5.41) is 3.23. The van der Waals surface area contributed by atoms with Crippen LogP contribution in [0.5, 0.6) is 0 Å². The van der Waals surface area contributed by atoms with Gasteiger partial charge in [-0.25, -0.2) is 0 Å². The van der Waals surface area contributed by atoms with Crippen molar-refractivity contribution in [3.05, 3.63) is 0 Å². The number of Topliss-reactive ketones (excluding diaryl/α,β-unsaturated/α-hetero) is 1. The molecular formula is C8H15NO. The molecule has 1 aliphatic rings. The van der Waals surface area contributed by atoms with E-state index in [2.05, 4.69) is 12.2 Å². The van der Waals surface area contributed by atoms with Crippen molar-refractivity contribution in [3.8, 4) is 0 Å². The number of rotatable bonds is 1. The quantitative estimate of drug-likeness (QED) is 0.585. The van der Waals surface area contributed by atoms with Crippen LogP contribution >= 0.6 is 0 Å². The number of hydrogen-bond donors (Lipinski definition) is 1. The maximum Gasteiger partial charge on any atom is 0.134 e. The molecule has 1 aliphatic heterocycles. The molecule has 0 bridgehead atoms. The first kappa shape index (κ1) is 7.73. The zero-order valence-electron chi connectivity index (χ0n) is 6.68. The normalized spacial score (nSPS) is 33.8. The van der Waals surface area contributed by atoms with Crippen LogP contribution in [0.1, 0.15) is 20.3 Å². The molecule has 0 amide bonds. The van der Waals surface area contributed by atoms with E-state index in [4.69, 9.17) is 0 Å². The van der Waals surface area contributed by atoms with Crippen LogP contribution in [0.4, 0.5) is 0 Å². The van der Waals surface area contributed by atoms with Gasteiger partial charge < -0.3 is 5.32 Å². The predicted octanol–water partition coefficient (Wildman–Crippen LogP) is 0.821. The Morgan fingerprint density at radius 1 is 1.60 bits per heavy atom. The molecule has 2 atom stereocenters. The largest absolute Gasteiger partial charge is 0.316 e. The van der Waals surface area contributed by atoms with Crippen LogP contribution in [-0.2, 0) is 4.79 Å². The van der Waals surface area contributed by atoms with Crippen molar-refractivity contribution >= 4 is 5.78 Å². The molecule has 0 aliphatic carbocycles. The third kappa shape index (κ3) is 1.57. The molecule has 2 heteroatoms. The Morgan fingerprint density at radius 2 is 2.30 bits per heavy atom. The third-order valence-corrected chi connectivity index (χ3v) is 2.35. The smallest absolute Gasteiger partial charge is 0.134 e. The highest BCUT2D eigenvalue weighted by Gasteiger charge is 2.24. The van der Waals surface area contributed by atoms with Crippen LogP contribution in [0, 0.1) is 11.8 Å². The zero-order chi connectivity index (χ0) is 7.56. The summed E-state index contributed by atoms with van der Waals surface area (Å²) >= 11 is 0. The van der Waals surface area contributed by atoms with E-state index in [-0.39, 0.29) is 5.92 Å². The van der Waals surface area contributed by atoms with Gasteiger partial charge in [0.15, 0.2) is 0 Å². The molecular weight excluding hydrogens is 126 g/mol. The minimum absolute atomic E-state index is 0.272. The van der Waals surface area contributed by atoms with E-state index in [0.717, 1.165) is 19.5 Å². The fourth-order valence-electron chi connectivity index (χ4n) is 1.53. The highest BCUT2D eigenvalue weighted by Crippen LogP contribution is 2.18. The second-order valence-corrected chi connectivity index (χ2v) is 3.19. The Balaban J connectivity index is 2.47. The highest BCUT2D eigenvalue weighted by atomic mass is 16.1. The lowest BCUT2D eigenvalue weighted by atomic mass is 9.85. The van der Waals surface area contributed by atoms with Gasteiger partial charge in [-0.1, -0.05) is 6.92 Å². The summed E-state index contributed by atoms with van der Waals surface area (Å²) in [6.07, 6.45) is 1.14. The van der Waals surface area contributed by atoms with Gasteiger partial charge in [0.05, 0.1) is 0 Å². The van der Waals surface area contributed by atoms with E-state index in [1.54, 1.807) is 6.92 Å². The van der Waals surface area contributed by atoms with Gasteiger partial charge >= 0.3 is 0 Å². The molecule has 58 valence electrons. The zero-order valence-corrected chi connectivity index (χ0v) is 6.68. The van der Waals surface area contributed by atoms with E-state index in [1.165, 1.54) is 0 Å². The van der Waals surface area contributed by atoms with E-state index in [1.807, 2.05) is 0 Å². The molecule has 1 N–H and O–H groups in total. The summed E-state index contributed by atoms with van der Waals surface area (Å²) in [7, 11) is 0. The van der Waals surface area contributed by atoms with E-state index in [0.29, 0.717) is 11.7 Å². The van der Waals surface area contributed by atoms with Crippen molar-refractivity contribution in [1.82, 2.24) is 5.32 Å². The Hall–Kier alpha value is -0.370. The molecule has 1 saturated heterocycles. The number of ketones is 1. The first-order valence-electron chi connectivity index (χ1n) is 3.93. The van der Waals surface area contributed by atoms with Crippen LogP contribution < -0.4 is 5.32 Å². The average Bonchev–Trinajstić information content (AvgIpc) is 1.88. The lowest BCUT2D eigenvalue weighted by Gasteiger charge is -2.27. The number of carbonyl (C=O) groups is 1. The molecule has 2 nitrogen and oxygen atoms in total. The molecule has 1 fully saturated rings. The van der Waals surface area contributed by atoms with Crippen LogP contribution in [-0.4, -0.2) is 18.9 Å². The summed E-state index contributed by atoms with van der Waals surface area (Å²) in [4.78, 5) is 11.0. The molecule has 1 rings (SSSR count). The molecule has 2 unspecified atom stereocenters. The number of hydrogen-bond acceptors (Lipinski definition) is 2. The molecule has 0 aromatic heterocycles. The molecule has 0 radical (unpaired) electrons. The topological polar surface area (TPSA) is 29.1 Å². The molecule has 0 saturated carbocycles. The standard InChI is InChI=1S/C8H15NO/c1-6-3-4-9-5-8(6)7(2)10/h6,8-9H,3-5H2,1-2H3. The van der Waals surface area contributed by atoms with Gasteiger partial charge in [0.1, 0.15) is 5.78 Å². The van der Waals surface area contributed by atoms with Crippen LogP contribution in [0.15, 0.2) is 0 Å². The minimum atomic E-state index is 0.272. The monoisotopic (exact) mass is 141 g/mol. The average molecular weight is 141 g/mol. The number of carbonyl (C=O) groups excluding carboxylic acids is 1. The Kier molecular flexibility index (Phi) is 2.44. The first-order valence-corrected chi connectivity index (χ1v) is 3.93. The predicted molar refractivity (Wildman–Crippen MR) is 40.8 cm³/mol. The molecule has 1 heterocycles. The molecule has 0 aromatic rings. The maximum atomic E-state index is 11.0. The van der Waals surface area contributed by atoms with Gasteiger partial charge in [-0.15, -0.1) is 0 Å². The van der Waals surface area contributed by atoms with Crippen molar-refractivity contribution in [3.63, 3.8) is 0 Å². The van der Waals surface area contributed by atoms with E-state index >= 15 is 0 Å². The van der Waals surface area contributed by atoms with Gasteiger partial charge in [0.25, 0.3) is 0 Å². The first-order chi connectivity index (χ1) is 4.72. The van der Waals surface area contributed by atoms with Crippen molar-refractivity contribution in [2.45, 2.75) is 20.3 Å². The highest BCUT2D eigenvalue weighted by molar-refractivity contribution is 5.78. The van der Waals surface area contributed by atoms with E-state index < -0.39 is 0 Å². The Labute approximate surface area is 62.0 Å². The Bertz CT molecular complexity index is 133. The van der Waals surface area contributed by atoms with E-state index in [9.17, 15) is 4.79 Å². The number of nitrogens with one attached hydrogen (secondary N) is 1. The van der Waals surface area contributed by atoms with Crippen LogP contribution in [0.3, 0.4) is 0 Å². The minimum Gasteiger partial charge on any atom is -0.316 e. The molecule has 10 heavy (non-hydrogen) atoms. The van der Waals surface area contributed by atoms with Crippen LogP contribution in [0.2, 0.25) is 0 Å². The second-order valence-electron chi connectivity index (χ2n) is 3.19. The second kappa shape index (κ2) is 3.15. The van der Waals surface area contributed by atoms with Gasteiger partial charge in [-0.05, 0) is 25.8 Å². The fraction of sp³-hybridized carbons (Fsp3) is 0.875. The third-order valence-electron chi connectivity index (χ3n) is 2.35. The summed E-state index contributed by atoms with van der Waals surface area (Å²) < 4.78 is 0. The Morgan fingerprint density at radius 3 is 2.70 bits per heavy atom. The summed E-state index contributed by atoms with van der Waals surface area (Å²) in [6, 6.07) is 0. The van der Waals surface area contributed by atoms with Crippen molar-refractivity contribution in [2.24, 2.45) is 11.8 Å². The van der Waals surface area contributed by atoms with Gasteiger partial charge in [0.2, 0.25) is 0 Å². The van der Waals surface area contributed by atoms with Gasteiger partial charge in [-0.2, -0.15) is 0 Å². The van der Waals surface area contributed by atoms with Crippen molar-refractivity contribution in [1.29, 1.82) is 0 Å². The van der Waals surface area contributed by atoms with Gasteiger partial charge in [0, 0.05) is 12.5 Å². The summed E-state index contributed by atoms with van der Waals surface area (Å²) in [5.41, 5.74) is 0. The summed E-state index contributed by atoms with van der Waals surface area (Å²) in [6.45, 7) is 5.81. The molecule has 0 spiro atoms. The number of piperidine rings is 1. The summed E-state index contributed by atoms with van der Waals surface area (Å²) in [5.74, 6) is 1.19. The van der Waals surface area contributed by atoms with Crippen molar-refractivity contribution in [2.75, 3.05) is 13.1 Å². The lowest BCUT2D eigenvalue weighted by molar-refractivity contribution is -0.122. The maximum absolute atomic E-state index is 11.0. The lowest BCUT2D eigenvalue weighted by Crippen LogP contribution is -2.38.